The van der Waals surface area contributed by atoms with E-state index in [0.29, 0.717) is 0 Å². The standard InChI is InChI=1S/C9H7NO5/c1-4(11)5-2-3-10-7(9(14)15)6(5)8(12)13/h2-3H,1H3,(H,12,13)(H,14,15). The van der Waals surface area contributed by atoms with Crippen LogP contribution in [0.25, 0.3) is 0 Å². The number of carboxylic acid groups (broad SMARTS) is 2. The molecule has 0 atom stereocenters. The van der Waals surface area contributed by atoms with Crippen molar-refractivity contribution >= 4 is 17.7 Å². The van der Waals surface area contributed by atoms with Crippen LogP contribution in [0.4, 0.5) is 0 Å². The van der Waals surface area contributed by atoms with Crippen LogP contribution >= 0.6 is 0 Å². The van der Waals surface area contributed by atoms with Crippen LogP contribution < -0.4 is 0 Å². The van der Waals surface area contributed by atoms with Gasteiger partial charge in [-0.3, -0.25) is 4.79 Å². The van der Waals surface area contributed by atoms with E-state index in [1.165, 1.54) is 6.07 Å². The smallest absolute Gasteiger partial charge is 0.355 e. The molecule has 1 rings (SSSR count). The number of carbonyl (C=O) groups is 3. The van der Waals surface area contributed by atoms with Gasteiger partial charge in [-0.05, 0) is 13.0 Å². The number of hydrogen-bond acceptors (Lipinski definition) is 4. The number of rotatable bonds is 3. The lowest BCUT2D eigenvalue weighted by atomic mass is 10.0. The summed E-state index contributed by atoms with van der Waals surface area (Å²) in [6, 6.07) is 1.18. The van der Waals surface area contributed by atoms with Crippen molar-refractivity contribution in [3.8, 4) is 0 Å². The fraction of sp³-hybridized carbons (Fsp3) is 0.111. The molecule has 6 nitrogen and oxygen atoms in total. The van der Waals surface area contributed by atoms with E-state index < -0.39 is 29.0 Å². The minimum absolute atomic E-state index is 0.157. The first-order valence-corrected chi connectivity index (χ1v) is 3.91. The van der Waals surface area contributed by atoms with Gasteiger partial charge in [0.2, 0.25) is 0 Å². The molecule has 0 spiro atoms. The zero-order valence-electron chi connectivity index (χ0n) is 7.72. The molecule has 0 saturated heterocycles. The fourth-order valence-electron chi connectivity index (χ4n) is 1.13. The number of carbonyl (C=O) groups excluding carboxylic acids is 1. The highest BCUT2D eigenvalue weighted by atomic mass is 16.4. The molecule has 0 aliphatic rings. The Morgan fingerprint density at radius 3 is 2.20 bits per heavy atom. The number of pyridine rings is 1. The highest BCUT2D eigenvalue weighted by molar-refractivity contribution is 6.09. The van der Waals surface area contributed by atoms with Gasteiger partial charge in [0.25, 0.3) is 0 Å². The maximum absolute atomic E-state index is 11.1. The number of aromatic nitrogens is 1. The average molecular weight is 209 g/mol. The van der Waals surface area contributed by atoms with E-state index in [1.54, 1.807) is 0 Å². The first-order valence-electron chi connectivity index (χ1n) is 3.91. The Morgan fingerprint density at radius 1 is 1.20 bits per heavy atom. The first-order chi connectivity index (χ1) is 6.95. The monoisotopic (exact) mass is 209 g/mol. The number of ketones is 1. The maximum atomic E-state index is 11.1. The van der Waals surface area contributed by atoms with Gasteiger partial charge in [0.05, 0.1) is 0 Å². The van der Waals surface area contributed by atoms with Crippen molar-refractivity contribution in [1.29, 1.82) is 0 Å². The third-order valence-corrected chi connectivity index (χ3v) is 1.75. The molecule has 0 aliphatic carbocycles. The van der Waals surface area contributed by atoms with Crippen molar-refractivity contribution in [3.63, 3.8) is 0 Å². The quantitative estimate of drug-likeness (QED) is 0.709. The number of aromatic carboxylic acids is 2. The normalized spacial score (nSPS) is 9.67. The molecule has 0 saturated carbocycles. The largest absolute Gasteiger partial charge is 0.478 e. The molecule has 0 bridgehead atoms. The molecular weight excluding hydrogens is 202 g/mol. The van der Waals surface area contributed by atoms with Crippen molar-refractivity contribution in [2.75, 3.05) is 0 Å². The van der Waals surface area contributed by atoms with Crippen LogP contribution in [0, 0.1) is 0 Å². The Kier molecular flexibility index (Phi) is 2.80. The van der Waals surface area contributed by atoms with Gasteiger partial charge in [0.15, 0.2) is 11.5 Å². The molecule has 1 aromatic heterocycles. The molecule has 1 heterocycles. The zero-order valence-corrected chi connectivity index (χ0v) is 7.72. The Labute approximate surface area is 84.2 Å². The summed E-state index contributed by atoms with van der Waals surface area (Å²) < 4.78 is 0. The van der Waals surface area contributed by atoms with E-state index in [4.69, 9.17) is 10.2 Å². The molecule has 0 amide bonds. The molecule has 1 aromatic rings. The Balaban J connectivity index is 3.56. The predicted octanol–water partition coefficient (Wildman–Crippen LogP) is 0.681. The number of hydrogen-bond donors (Lipinski definition) is 2. The van der Waals surface area contributed by atoms with E-state index in [1.807, 2.05) is 0 Å². The van der Waals surface area contributed by atoms with E-state index >= 15 is 0 Å². The topological polar surface area (TPSA) is 105 Å². The lowest BCUT2D eigenvalue weighted by Gasteiger charge is -2.04. The summed E-state index contributed by atoms with van der Waals surface area (Å²) in [7, 11) is 0. The van der Waals surface area contributed by atoms with E-state index in [-0.39, 0.29) is 5.56 Å². The van der Waals surface area contributed by atoms with Gasteiger partial charge >= 0.3 is 11.9 Å². The fourth-order valence-corrected chi connectivity index (χ4v) is 1.13. The third kappa shape index (κ3) is 1.98. The van der Waals surface area contributed by atoms with Crippen LogP contribution in [0.5, 0.6) is 0 Å². The SMILES string of the molecule is CC(=O)c1ccnc(C(=O)O)c1C(=O)O. The van der Waals surface area contributed by atoms with Crippen molar-refractivity contribution < 1.29 is 24.6 Å². The summed E-state index contributed by atoms with van der Waals surface area (Å²) in [6.07, 6.45) is 1.09. The van der Waals surface area contributed by atoms with Gasteiger partial charge in [-0.25, -0.2) is 14.6 Å². The highest BCUT2D eigenvalue weighted by Gasteiger charge is 2.23. The maximum Gasteiger partial charge on any atom is 0.355 e. The van der Waals surface area contributed by atoms with Crippen LogP contribution in [0.15, 0.2) is 12.3 Å². The lowest BCUT2D eigenvalue weighted by Crippen LogP contribution is -2.15. The molecular formula is C9H7NO5. The number of Topliss-reactive ketones (excluding diaryl/α,β-unsaturated/α-hetero) is 1. The second-order valence-electron chi connectivity index (χ2n) is 2.75. The average Bonchev–Trinajstić information content (AvgIpc) is 2.16. The second-order valence-corrected chi connectivity index (χ2v) is 2.75. The Morgan fingerprint density at radius 2 is 1.80 bits per heavy atom. The second kappa shape index (κ2) is 3.87. The molecule has 0 aliphatic heterocycles. The van der Waals surface area contributed by atoms with Crippen LogP contribution in [0.2, 0.25) is 0 Å². The first kappa shape index (κ1) is 10.8. The van der Waals surface area contributed by atoms with E-state index in [2.05, 4.69) is 4.98 Å². The molecule has 0 unspecified atom stereocenters. The third-order valence-electron chi connectivity index (χ3n) is 1.75. The van der Waals surface area contributed by atoms with Gasteiger partial charge < -0.3 is 10.2 Å². The lowest BCUT2D eigenvalue weighted by molar-refractivity contribution is 0.0644. The summed E-state index contributed by atoms with van der Waals surface area (Å²) in [6.45, 7) is 1.16. The van der Waals surface area contributed by atoms with Crippen molar-refractivity contribution in [1.82, 2.24) is 4.98 Å². The molecule has 0 aromatic carbocycles. The van der Waals surface area contributed by atoms with Crippen molar-refractivity contribution in [2.45, 2.75) is 6.92 Å². The summed E-state index contributed by atoms with van der Waals surface area (Å²) >= 11 is 0. The number of carboxylic acids is 2. The summed E-state index contributed by atoms with van der Waals surface area (Å²) in [5, 5.41) is 17.5. The summed E-state index contributed by atoms with van der Waals surface area (Å²) in [4.78, 5) is 35.9. The molecule has 0 radical (unpaired) electrons. The summed E-state index contributed by atoms with van der Waals surface area (Å²) in [5.74, 6) is -3.47. The molecule has 2 N–H and O–H groups in total. The zero-order chi connectivity index (χ0) is 11.6. The Hall–Kier alpha value is -2.24. The minimum atomic E-state index is -1.48. The van der Waals surface area contributed by atoms with Crippen LogP contribution in [-0.4, -0.2) is 32.9 Å². The van der Waals surface area contributed by atoms with Crippen molar-refractivity contribution in [2.24, 2.45) is 0 Å². The van der Waals surface area contributed by atoms with Gasteiger partial charge in [-0.1, -0.05) is 0 Å². The predicted molar refractivity (Wildman–Crippen MR) is 48.2 cm³/mol. The van der Waals surface area contributed by atoms with Crippen molar-refractivity contribution in [3.05, 3.63) is 29.1 Å². The molecule has 78 valence electrons. The number of nitrogens with zero attached hydrogens (tertiary/aromatic N) is 1. The van der Waals surface area contributed by atoms with Crippen LogP contribution in [-0.2, 0) is 0 Å². The van der Waals surface area contributed by atoms with Crippen LogP contribution in [0.3, 0.4) is 0 Å². The molecule has 15 heavy (non-hydrogen) atoms. The Bertz CT molecular complexity index is 420. The highest BCUT2D eigenvalue weighted by Crippen LogP contribution is 2.13. The molecule has 0 fully saturated rings. The van der Waals surface area contributed by atoms with Gasteiger partial charge in [0.1, 0.15) is 5.56 Å². The van der Waals surface area contributed by atoms with Crippen LogP contribution in [0.1, 0.15) is 38.1 Å². The minimum Gasteiger partial charge on any atom is -0.478 e. The van der Waals surface area contributed by atoms with E-state index in [0.717, 1.165) is 13.1 Å². The van der Waals surface area contributed by atoms with E-state index in [9.17, 15) is 14.4 Å². The van der Waals surface area contributed by atoms with Gasteiger partial charge in [0, 0.05) is 11.8 Å². The summed E-state index contributed by atoms with van der Waals surface area (Å²) in [5.41, 5.74) is -1.36. The van der Waals surface area contributed by atoms with Gasteiger partial charge in [-0.2, -0.15) is 0 Å². The molecule has 6 heteroatoms. The van der Waals surface area contributed by atoms with Gasteiger partial charge in [-0.15, -0.1) is 0 Å².